The lowest BCUT2D eigenvalue weighted by Gasteiger charge is -1.98. The van der Waals surface area contributed by atoms with E-state index in [0.29, 0.717) is 11.6 Å². The van der Waals surface area contributed by atoms with Gasteiger partial charge in [-0.1, -0.05) is 35.0 Å². The maximum absolute atomic E-state index is 11.2. The summed E-state index contributed by atoms with van der Waals surface area (Å²) in [6.07, 6.45) is 0.465. The first-order valence-corrected chi connectivity index (χ1v) is 6.87. The molecule has 1 aromatic carbocycles. The molecule has 1 N–H and O–H groups in total. The highest BCUT2D eigenvalue weighted by atomic mass is 79.9. The number of hydrogen-bond acceptors (Lipinski definition) is 3. The monoisotopic (exact) mass is 310 g/mol. The van der Waals surface area contributed by atoms with Gasteiger partial charge in [0.25, 0.3) is 0 Å². The summed E-state index contributed by atoms with van der Waals surface area (Å²) in [7, 11) is 0. The second-order valence-electron chi connectivity index (χ2n) is 3.45. The van der Waals surface area contributed by atoms with Crippen molar-refractivity contribution in [1.82, 2.24) is 4.98 Å². The summed E-state index contributed by atoms with van der Waals surface area (Å²) in [5.74, 6) is -0.0123. The number of halogens is 1. The zero-order valence-corrected chi connectivity index (χ0v) is 11.6. The molecular weight excluding hydrogens is 300 g/mol. The maximum Gasteiger partial charge on any atom is 0.225 e. The van der Waals surface area contributed by atoms with Crippen LogP contribution in [0.3, 0.4) is 0 Å². The quantitative estimate of drug-likeness (QED) is 0.933. The van der Waals surface area contributed by atoms with E-state index in [4.69, 9.17) is 0 Å². The highest BCUT2D eigenvalue weighted by Crippen LogP contribution is 2.26. The second kappa shape index (κ2) is 5.42. The van der Waals surface area contributed by atoms with Crippen LogP contribution in [0.25, 0.3) is 11.3 Å². The molecule has 0 fully saturated rings. The first-order valence-electron chi connectivity index (χ1n) is 5.20. The number of carbonyl (C=O) groups excluding carboxylic acids is 1. The largest absolute Gasteiger partial charge is 0.302 e. The molecule has 1 amide bonds. The molecule has 0 saturated carbocycles. The zero-order chi connectivity index (χ0) is 12.3. The summed E-state index contributed by atoms with van der Waals surface area (Å²) >= 11 is 4.83. The second-order valence-corrected chi connectivity index (χ2v) is 5.22. The first-order chi connectivity index (χ1) is 8.19. The Morgan fingerprint density at radius 3 is 2.76 bits per heavy atom. The van der Waals surface area contributed by atoms with Crippen molar-refractivity contribution in [2.45, 2.75) is 13.3 Å². The minimum Gasteiger partial charge on any atom is -0.302 e. The Hall–Kier alpha value is -1.20. The standard InChI is InChI=1S/C12H11BrN2OS/c1-2-11(16)15-12-14-10(7-17-12)8-3-5-9(13)6-4-8/h3-7H,2H2,1H3,(H,14,15,16). The smallest absolute Gasteiger partial charge is 0.225 e. The number of amides is 1. The number of benzene rings is 1. The van der Waals surface area contributed by atoms with Crippen molar-refractivity contribution >= 4 is 38.3 Å². The van der Waals surface area contributed by atoms with E-state index in [1.54, 1.807) is 0 Å². The van der Waals surface area contributed by atoms with Crippen LogP contribution in [0, 0.1) is 0 Å². The number of anilines is 1. The molecular formula is C12H11BrN2OS. The van der Waals surface area contributed by atoms with Gasteiger partial charge in [-0.3, -0.25) is 4.79 Å². The SMILES string of the molecule is CCC(=O)Nc1nc(-c2ccc(Br)cc2)cs1. The van der Waals surface area contributed by atoms with E-state index in [1.165, 1.54) is 11.3 Å². The van der Waals surface area contributed by atoms with Crippen LogP contribution >= 0.6 is 27.3 Å². The number of aromatic nitrogens is 1. The van der Waals surface area contributed by atoms with Gasteiger partial charge < -0.3 is 5.32 Å². The Labute approximate surface area is 112 Å². The molecule has 0 aliphatic carbocycles. The van der Waals surface area contributed by atoms with Gasteiger partial charge >= 0.3 is 0 Å². The van der Waals surface area contributed by atoms with Crippen LogP contribution in [0.4, 0.5) is 5.13 Å². The molecule has 0 saturated heterocycles. The average Bonchev–Trinajstić information content (AvgIpc) is 2.78. The maximum atomic E-state index is 11.2. The van der Waals surface area contributed by atoms with Crippen LogP contribution in [-0.4, -0.2) is 10.9 Å². The molecule has 3 nitrogen and oxygen atoms in total. The van der Waals surface area contributed by atoms with Gasteiger partial charge in [0.15, 0.2) is 5.13 Å². The molecule has 88 valence electrons. The summed E-state index contributed by atoms with van der Waals surface area (Å²) in [5, 5.41) is 5.34. The fourth-order valence-electron chi connectivity index (χ4n) is 1.29. The lowest BCUT2D eigenvalue weighted by atomic mass is 10.2. The van der Waals surface area contributed by atoms with Gasteiger partial charge in [-0.15, -0.1) is 11.3 Å². The third-order valence-corrected chi connectivity index (χ3v) is 3.50. The third-order valence-electron chi connectivity index (χ3n) is 2.21. The van der Waals surface area contributed by atoms with Crippen molar-refractivity contribution in [3.05, 3.63) is 34.1 Å². The molecule has 0 atom stereocenters. The highest BCUT2D eigenvalue weighted by Gasteiger charge is 2.06. The average molecular weight is 311 g/mol. The molecule has 1 heterocycles. The first kappa shape index (κ1) is 12.3. The number of hydrogen-bond donors (Lipinski definition) is 1. The molecule has 2 rings (SSSR count). The molecule has 0 unspecified atom stereocenters. The van der Waals surface area contributed by atoms with Gasteiger partial charge in [0.2, 0.25) is 5.91 Å². The summed E-state index contributed by atoms with van der Waals surface area (Å²) in [5.41, 5.74) is 1.93. The van der Waals surface area contributed by atoms with Gasteiger partial charge in [-0.25, -0.2) is 4.98 Å². The summed E-state index contributed by atoms with van der Waals surface area (Å²) in [6.45, 7) is 1.82. The van der Waals surface area contributed by atoms with Crippen LogP contribution in [-0.2, 0) is 4.79 Å². The fraction of sp³-hybridized carbons (Fsp3) is 0.167. The summed E-state index contributed by atoms with van der Waals surface area (Å²) in [6, 6.07) is 7.92. The topological polar surface area (TPSA) is 42.0 Å². The number of nitrogens with one attached hydrogen (secondary N) is 1. The van der Waals surface area contributed by atoms with Crippen molar-refractivity contribution in [3.8, 4) is 11.3 Å². The predicted molar refractivity (Wildman–Crippen MR) is 74.2 cm³/mol. The van der Waals surface area contributed by atoms with Crippen LogP contribution in [0.15, 0.2) is 34.1 Å². The molecule has 0 bridgehead atoms. The predicted octanol–water partition coefficient (Wildman–Crippen LogP) is 3.92. The Bertz CT molecular complexity index is 522. The minimum absolute atomic E-state index is 0.0123. The molecule has 17 heavy (non-hydrogen) atoms. The van der Waals surface area contributed by atoms with Crippen molar-refractivity contribution in [1.29, 1.82) is 0 Å². The van der Waals surface area contributed by atoms with Crippen molar-refractivity contribution in [2.24, 2.45) is 0 Å². The van der Waals surface area contributed by atoms with Gasteiger partial charge in [0.1, 0.15) is 0 Å². The van der Waals surface area contributed by atoms with Gasteiger partial charge in [-0.2, -0.15) is 0 Å². The van der Waals surface area contributed by atoms with Gasteiger partial charge in [0, 0.05) is 21.8 Å². The van der Waals surface area contributed by atoms with Crippen LogP contribution < -0.4 is 5.32 Å². The highest BCUT2D eigenvalue weighted by molar-refractivity contribution is 9.10. The molecule has 0 aliphatic rings. The van der Waals surface area contributed by atoms with Gasteiger partial charge in [-0.05, 0) is 12.1 Å². The zero-order valence-electron chi connectivity index (χ0n) is 9.24. The summed E-state index contributed by atoms with van der Waals surface area (Å²) < 4.78 is 1.04. The summed E-state index contributed by atoms with van der Waals surface area (Å²) in [4.78, 5) is 15.6. The molecule has 2 aromatic rings. The normalized spacial score (nSPS) is 10.2. The lowest BCUT2D eigenvalue weighted by Crippen LogP contribution is -2.08. The van der Waals surface area contributed by atoms with Crippen molar-refractivity contribution in [2.75, 3.05) is 5.32 Å². The molecule has 0 radical (unpaired) electrons. The van der Waals surface area contributed by atoms with E-state index in [9.17, 15) is 4.79 Å². The van der Waals surface area contributed by atoms with Crippen LogP contribution in [0.2, 0.25) is 0 Å². The Morgan fingerprint density at radius 1 is 1.41 bits per heavy atom. The Morgan fingerprint density at radius 2 is 2.12 bits per heavy atom. The van der Waals surface area contributed by atoms with Gasteiger partial charge in [0.05, 0.1) is 5.69 Å². The van der Waals surface area contributed by atoms with Crippen molar-refractivity contribution in [3.63, 3.8) is 0 Å². The molecule has 5 heteroatoms. The molecule has 0 spiro atoms. The van der Waals surface area contributed by atoms with Crippen LogP contribution in [0.1, 0.15) is 13.3 Å². The fourth-order valence-corrected chi connectivity index (χ4v) is 2.29. The Balaban J connectivity index is 2.18. The third kappa shape index (κ3) is 3.14. The van der Waals surface area contributed by atoms with E-state index >= 15 is 0 Å². The van der Waals surface area contributed by atoms with Crippen molar-refractivity contribution < 1.29 is 4.79 Å². The van der Waals surface area contributed by atoms with E-state index in [-0.39, 0.29) is 5.91 Å². The lowest BCUT2D eigenvalue weighted by molar-refractivity contribution is -0.115. The minimum atomic E-state index is -0.0123. The molecule has 0 aliphatic heterocycles. The van der Waals surface area contributed by atoms with E-state index in [2.05, 4.69) is 26.2 Å². The number of thiazole rings is 1. The number of carbonyl (C=O) groups is 1. The Kier molecular flexibility index (Phi) is 3.91. The van der Waals surface area contributed by atoms with Crippen LogP contribution in [0.5, 0.6) is 0 Å². The molecule has 1 aromatic heterocycles. The van der Waals surface area contributed by atoms with E-state index in [0.717, 1.165) is 15.7 Å². The van der Waals surface area contributed by atoms with E-state index < -0.39 is 0 Å². The number of nitrogens with zero attached hydrogens (tertiary/aromatic N) is 1. The van der Waals surface area contributed by atoms with E-state index in [1.807, 2.05) is 36.6 Å². The number of rotatable bonds is 3.